The van der Waals surface area contributed by atoms with Gasteiger partial charge in [-0.3, -0.25) is 4.79 Å². The third-order valence-electron chi connectivity index (χ3n) is 5.07. The van der Waals surface area contributed by atoms with Crippen LogP contribution in [0.4, 0.5) is 0 Å². The molecule has 0 saturated heterocycles. The third kappa shape index (κ3) is 5.41. The van der Waals surface area contributed by atoms with E-state index >= 15 is 0 Å². The van der Waals surface area contributed by atoms with Gasteiger partial charge in [-0.25, -0.2) is 4.98 Å². The van der Waals surface area contributed by atoms with Crippen molar-refractivity contribution in [3.63, 3.8) is 0 Å². The Morgan fingerprint density at radius 3 is 2.65 bits per heavy atom. The first kappa shape index (κ1) is 19.1. The number of fused-ring (bicyclic) bond motifs is 1. The van der Waals surface area contributed by atoms with E-state index in [1.807, 2.05) is 11.3 Å². The van der Waals surface area contributed by atoms with Crippen molar-refractivity contribution >= 4 is 17.2 Å². The highest BCUT2D eigenvalue weighted by Gasteiger charge is 2.14. The maximum Gasteiger partial charge on any atom is 0.220 e. The quantitative estimate of drug-likeness (QED) is 0.677. The molecule has 0 aliphatic heterocycles. The predicted octanol–water partition coefficient (Wildman–Crippen LogP) is 4.83. The van der Waals surface area contributed by atoms with Gasteiger partial charge in [0.2, 0.25) is 5.91 Å². The zero-order valence-electron chi connectivity index (χ0n) is 16.0. The number of benzene rings is 1. The Labute approximate surface area is 161 Å². The van der Waals surface area contributed by atoms with Crippen LogP contribution in [0.3, 0.4) is 0 Å². The van der Waals surface area contributed by atoms with E-state index in [1.54, 1.807) is 0 Å². The maximum atomic E-state index is 12.0. The Morgan fingerprint density at radius 1 is 1.15 bits per heavy atom. The minimum absolute atomic E-state index is 0.149. The molecule has 0 saturated carbocycles. The molecule has 1 amide bonds. The van der Waals surface area contributed by atoms with Crippen LogP contribution in [0.5, 0.6) is 0 Å². The fourth-order valence-electron chi connectivity index (χ4n) is 3.40. The van der Waals surface area contributed by atoms with Crippen LogP contribution >= 0.6 is 11.3 Å². The van der Waals surface area contributed by atoms with E-state index in [0.29, 0.717) is 12.3 Å². The Hall–Kier alpha value is -1.68. The number of aryl methyl sites for hydroxylation is 4. The Bertz CT molecular complexity index is 695. The van der Waals surface area contributed by atoms with Crippen LogP contribution in [-0.4, -0.2) is 17.4 Å². The zero-order chi connectivity index (χ0) is 18.4. The first-order valence-corrected chi connectivity index (χ1v) is 10.8. The van der Waals surface area contributed by atoms with Gasteiger partial charge in [-0.2, -0.15) is 0 Å². The Kier molecular flexibility index (Phi) is 6.84. The van der Waals surface area contributed by atoms with Crippen molar-refractivity contribution in [2.75, 3.05) is 6.54 Å². The Morgan fingerprint density at radius 2 is 1.92 bits per heavy atom. The van der Waals surface area contributed by atoms with Gasteiger partial charge < -0.3 is 5.32 Å². The summed E-state index contributed by atoms with van der Waals surface area (Å²) in [5.41, 5.74) is 3.92. The standard InChI is InChI=1S/C22H30N2OS/c1-16(2)18-12-9-17(10-13-18)11-14-21(25)23-15-5-8-22-24-19-6-3-4-7-20(19)26-22/h9-10,12-13,16H,3-8,11,14-15H2,1-2H3,(H,23,25). The normalized spacial score (nSPS) is 13.7. The molecule has 1 aliphatic rings. The van der Waals surface area contributed by atoms with E-state index < -0.39 is 0 Å². The summed E-state index contributed by atoms with van der Waals surface area (Å²) in [4.78, 5) is 18.3. The fourth-order valence-corrected chi connectivity index (χ4v) is 4.59. The molecule has 4 heteroatoms. The first-order chi connectivity index (χ1) is 12.6. The van der Waals surface area contributed by atoms with E-state index in [-0.39, 0.29) is 5.91 Å². The van der Waals surface area contributed by atoms with Gasteiger partial charge in [0.1, 0.15) is 0 Å². The lowest BCUT2D eigenvalue weighted by atomic mass is 10.0. The van der Waals surface area contributed by atoms with Crippen molar-refractivity contribution < 1.29 is 4.79 Å². The second kappa shape index (κ2) is 9.31. The molecule has 1 N–H and O–H groups in total. The predicted molar refractivity (Wildman–Crippen MR) is 109 cm³/mol. The average Bonchev–Trinajstić information content (AvgIpc) is 3.06. The van der Waals surface area contributed by atoms with Gasteiger partial charge in [0, 0.05) is 24.3 Å². The smallest absolute Gasteiger partial charge is 0.220 e. The van der Waals surface area contributed by atoms with Gasteiger partial charge in [0.25, 0.3) is 0 Å². The monoisotopic (exact) mass is 370 g/mol. The second-order valence-electron chi connectivity index (χ2n) is 7.53. The van der Waals surface area contributed by atoms with Crippen LogP contribution in [0.25, 0.3) is 0 Å². The third-order valence-corrected chi connectivity index (χ3v) is 6.28. The molecule has 3 nitrogen and oxygen atoms in total. The van der Waals surface area contributed by atoms with Crippen LogP contribution in [-0.2, 0) is 30.5 Å². The van der Waals surface area contributed by atoms with E-state index in [4.69, 9.17) is 4.98 Å². The van der Waals surface area contributed by atoms with Crippen molar-refractivity contribution in [2.45, 2.75) is 71.1 Å². The number of nitrogens with one attached hydrogen (secondary N) is 1. The van der Waals surface area contributed by atoms with Crippen molar-refractivity contribution in [1.29, 1.82) is 0 Å². The minimum atomic E-state index is 0.149. The summed E-state index contributed by atoms with van der Waals surface area (Å²) in [5.74, 6) is 0.701. The van der Waals surface area contributed by atoms with Crippen molar-refractivity contribution in [1.82, 2.24) is 10.3 Å². The lowest BCUT2D eigenvalue weighted by Gasteiger charge is -2.07. The summed E-state index contributed by atoms with van der Waals surface area (Å²) in [7, 11) is 0. The summed E-state index contributed by atoms with van der Waals surface area (Å²) < 4.78 is 0. The molecule has 0 bridgehead atoms. The van der Waals surface area contributed by atoms with Crippen LogP contribution in [0.2, 0.25) is 0 Å². The highest BCUT2D eigenvalue weighted by molar-refractivity contribution is 7.11. The van der Waals surface area contributed by atoms with Crippen molar-refractivity contribution in [3.05, 3.63) is 51.0 Å². The van der Waals surface area contributed by atoms with Gasteiger partial charge in [-0.15, -0.1) is 11.3 Å². The molecule has 0 unspecified atom stereocenters. The molecular formula is C22H30N2OS. The zero-order valence-corrected chi connectivity index (χ0v) is 16.8. The molecule has 1 aromatic heterocycles. The molecule has 0 spiro atoms. The SMILES string of the molecule is CC(C)c1ccc(CCC(=O)NCCCc2nc3c(s2)CCCC3)cc1. The van der Waals surface area contributed by atoms with Gasteiger partial charge in [-0.1, -0.05) is 38.1 Å². The number of carbonyl (C=O) groups is 1. The molecule has 26 heavy (non-hydrogen) atoms. The number of hydrogen-bond acceptors (Lipinski definition) is 3. The molecule has 140 valence electrons. The molecule has 3 rings (SSSR count). The first-order valence-electron chi connectivity index (χ1n) is 9.95. The number of thiazole rings is 1. The Balaban J connectivity index is 1.33. The largest absolute Gasteiger partial charge is 0.356 e. The second-order valence-corrected chi connectivity index (χ2v) is 8.70. The summed E-state index contributed by atoms with van der Waals surface area (Å²) in [6, 6.07) is 8.64. The molecule has 1 aliphatic carbocycles. The molecule has 2 aromatic rings. The van der Waals surface area contributed by atoms with E-state index in [1.165, 1.54) is 46.0 Å². The summed E-state index contributed by atoms with van der Waals surface area (Å²) in [5, 5.41) is 4.30. The van der Waals surface area contributed by atoms with Crippen LogP contribution in [0.1, 0.15) is 72.2 Å². The van der Waals surface area contributed by atoms with Gasteiger partial charge in [-0.05, 0) is 55.6 Å². The summed E-state index contributed by atoms with van der Waals surface area (Å²) in [6.45, 7) is 5.14. The molecule has 1 heterocycles. The number of nitrogens with zero attached hydrogens (tertiary/aromatic N) is 1. The molecule has 0 atom stereocenters. The lowest BCUT2D eigenvalue weighted by molar-refractivity contribution is -0.121. The average molecular weight is 371 g/mol. The topological polar surface area (TPSA) is 42.0 Å². The van der Waals surface area contributed by atoms with Crippen LogP contribution in [0, 0.1) is 0 Å². The van der Waals surface area contributed by atoms with Crippen LogP contribution < -0.4 is 5.32 Å². The minimum Gasteiger partial charge on any atom is -0.356 e. The summed E-state index contributed by atoms with van der Waals surface area (Å²) >= 11 is 1.88. The van der Waals surface area contributed by atoms with E-state index in [0.717, 1.165) is 32.2 Å². The number of hydrogen-bond donors (Lipinski definition) is 1. The number of rotatable bonds is 8. The van der Waals surface area contributed by atoms with Crippen molar-refractivity contribution in [2.24, 2.45) is 0 Å². The van der Waals surface area contributed by atoms with Crippen molar-refractivity contribution in [3.8, 4) is 0 Å². The van der Waals surface area contributed by atoms with E-state index in [9.17, 15) is 4.79 Å². The lowest BCUT2D eigenvalue weighted by Crippen LogP contribution is -2.24. The fraction of sp³-hybridized carbons (Fsp3) is 0.545. The van der Waals surface area contributed by atoms with Gasteiger partial charge in [0.15, 0.2) is 0 Å². The van der Waals surface area contributed by atoms with Crippen LogP contribution in [0.15, 0.2) is 24.3 Å². The number of carbonyl (C=O) groups excluding carboxylic acids is 1. The van der Waals surface area contributed by atoms with E-state index in [2.05, 4.69) is 43.4 Å². The molecule has 0 radical (unpaired) electrons. The van der Waals surface area contributed by atoms with Gasteiger partial charge >= 0.3 is 0 Å². The number of amides is 1. The summed E-state index contributed by atoms with van der Waals surface area (Å²) in [6.07, 6.45) is 8.28. The maximum absolute atomic E-state index is 12.0. The molecular weight excluding hydrogens is 340 g/mol. The number of aromatic nitrogens is 1. The molecule has 1 aromatic carbocycles. The van der Waals surface area contributed by atoms with Gasteiger partial charge in [0.05, 0.1) is 10.7 Å². The highest BCUT2D eigenvalue weighted by atomic mass is 32.1. The molecule has 0 fully saturated rings. The highest BCUT2D eigenvalue weighted by Crippen LogP contribution is 2.27.